The fourth-order valence-corrected chi connectivity index (χ4v) is 3.39. The van der Waals surface area contributed by atoms with Crippen LogP contribution in [0.3, 0.4) is 0 Å². The van der Waals surface area contributed by atoms with Crippen molar-refractivity contribution in [3.05, 3.63) is 104 Å². The molecular weight excluding hydrogens is 390 g/mol. The number of aromatic hydroxyl groups is 1. The predicted molar refractivity (Wildman–Crippen MR) is 125 cm³/mol. The topological polar surface area (TPSA) is 78.3 Å². The van der Waals surface area contributed by atoms with E-state index in [4.69, 9.17) is 0 Å². The second-order valence-corrected chi connectivity index (χ2v) is 7.27. The van der Waals surface area contributed by atoms with Gasteiger partial charge in [0.2, 0.25) is 5.88 Å². The number of benzene rings is 3. The second-order valence-electron chi connectivity index (χ2n) is 7.27. The Morgan fingerprint density at radius 1 is 0.935 bits per heavy atom. The minimum Gasteiger partial charge on any atom is -0.494 e. The molecule has 0 saturated heterocycles. The molecule has 3 aromatic carbocycles. The smallest absolute Gasteiger partial charge is 0.335 e. The van der Waals surface area contributed by atoms with E-state index in [-0.39, 0.29) is 5.56 Å². The van der Waals surface area contributed by atoms with Gasteiger partial charge in [-0.1, -0.05) is 48.5 Å². The lowest BCUT2D eigenvalue weighted by molar-refractivity contribution is 0.430. The first-order chi connectivity index (χ1) is 15.0. The van der Waals surface area contributed by atoms with E-state index in [9.17, 15) is 14.7 Å². The largest absolute Gasteiger partial charge is 0.494 e. The van der Waals surface area contributed by atoms with E-state index in [0.717, 1.165) is 26.6 Å². The van der Waals surface area contributed by atoms with Crippen molar-refractivity contribution < 1.29 is 5.11 Å². The van der Waals surface area contributed by atoms with Crippen LogP contribution in [-0.4, -0.2) is 28.8 Å². The van der Waals surface area contributed by atoms with Crippen molar-refractivity contribution in [1.29, 1.82) is 0 Å². The molecule has 31 heavy (non-hydrogen) atoms. The fraction of sp³-hybridized carbons (Fsp3) is 0.0800. The van der Waals surface area contributed by atoms with Gasteiger partial charge < -0.3 is 10.0 Å². The van der Waals surface area contributed by atoms with Crippen LogP contribution in [0.2, 0.25) is 0 Å². The van der Waals surface area contributed by atoms with E-state index in [0.29, 0.717) is 5.69 Å². The first kappa shape index (κ1) is 20.0. The van der Waals surface area contributed by atoms with Crippen molar-refractivity contribution >= 4 is 28.6 Å². The Bertz CT molecular complexity index is 1430. The number of aromatic nitrogens is 2. The van der Waals surface area contributed by atoms with Gasteiger partial charge in [-0.15, -0.1) is 5.73 Å². The number of fused-ring (bicyclic) bond motifs is 1. The molecule has 1 heterocycles. The first-order valence-corrected chi connectivity index (χ1v) is 9.72. The molecular formula is C25H21N3O3. The highest BCUT2D eigenvalue weighted by Gasteiger charge is 2.15. The van der Waals surface area contributed by atoms with Crippen LogP contribution in [0.5, 0.6) is 5.88 Å². The summed E-state index contributed by atoms with van der Waals surface area (Å²) in [6.07, 6.45) is 3.07. The summed E-state index contributed by atoms with van der Waals surface area (Å²) in [5.74, 6) is -0.436. The molecule has 0 aliphatic carbocycles. The van der Waals surface area contributed by atoms with Crippen LogP contribution in [0.1, 0.15) is 11.1 Å². The summed E-state index contributed by atoms with van der Waals surface area (Å²) < 4.78 is 1.10. The van der Waals surface area contributed by atoms with E-state index in [1.54, 1.807) is 18.2 Å². The molecule has 0 unspecified atom stereocenters. The molecule has 4 aromatic rings. The number of H-pyrrole nitrogens is 1. The third-order valence-corrected chi connectivity index (χ3v) is 5.02. The molecule has 0 saturated carbocycles. The number of aromatic amines is 1. The van der Waals surface area contributed by atoms with Crippen molar-refractivity contribution in [2.75, 3.05) is 19.0 Å². The monoisotopic (exact) mass is 411 g/mol. The lowest BCUT2D eigenvalue weighted by atomic mass is 10.1. The minimum atomic E-state index is -0.709. The summed E-state index contributed by atoms with van der Waals surface area (Å²) in [6, 6.07) is 20.7. The van der Waals surface area contributed by atoms with Gasteiger partial charge >= 0.3 is 5.69 Å². The quantitative estimate of drug-likeness (QED) is 0.501. The van der Waals surface area contributed by atoms with Gasteiger partial charge in [0.25, 0.3) is 5.56 Å². The zero-order valence-corrected chi connectivity index (χ0v) is 17.2. The number of anilines is 1. The standard InChI is InChI=1S/C25H21N3O3/c1-27(2)19-15-13-17(14-16-19)7-5-11-21-23(29)26-25(31)28(24(21)30)22-12-6-9-18-8-3-4-10-20(18)22/h3-4,6-16,30H,1-2H3,(H,26,29,31). The second kappa shape index (κ2) is 8.22. The fourth-order valence-electron chi connectivity index (χ4n) is 3.39. The van der Waals surface area contributed by atoms with Crippen molar-refractivity contribution in [2.24, 2.45) is 0 Å². The SMILES string of the molecule is CN(C)c1ccc(C=C=Cc2c(O)n(-c3cccc4ccccc34)c(=O)[nH]c2=O)cc1. The van der Waals surface area contributed by atoms with Crippen LogP contribution in [0.4, 0.5) is 5.69 Å². The van der Waals surface area contributed by atoms with E-state index in [2.05, 4.69) is 10.7 Å². The highest BCUT2D eigenvalue weighted by molar-refractivity contribution is 5.90. The molecule has 6 heteroatoms. The molecule has 0 spiro atoms. The van der Waals surface area contributed by atoms with Crippen molar-refractivity contribution in [3.63, 3.8) is 0 Å². The minimum absolute atomic E-state index is 0.0475. The summed E-state index contributed by atoms with van der Waals surface area (Å²) in [4.78, 5) is 29.2. The van der Waals surface area contributed by atoms with Crippen LogP contribution in [0.25, 0.3) is 28.6 Å². The van der Waals surface area contributed by atoms with E-state index >= 15 is 0 Å². The summed E-state index contributed by atoms with van der Waals surface area (Å²) in [5, 5.41) is 12.5. The molecule has 0 radical (unpaired) electrons. The lowest BCUT2D eigenvalue weighted by Crippen LogP contribution is -2.30. The van der Waals surface area contributed by atoms with Gasteiger partial charge in [-0.25, -0.2) is 9.36 Å². The Labute approximate surface area is 178 Å². The Kier molecular flexibility index (Phi) is 5.31. The van der Waals surface area contributed by atoms with Gasteiger partial charge in [-0.2, -0.15) is 0 Å². The van der Waals surface area contributed by atoms with Crippen LogP contribution >= 0.6 is 0 Å². The number of rotatable bonds is 4. The maximum absolute atomic E-state index is 12.5. The van der Waals surface area contributed by atoms with Gasteiger partial charge in [-0.3, -0.25) is 9.78 Å². The van der Waals surface area contributed by atoms with Gasteiger partial charge in [0.15, 0.2) is 0 Å². The van der Waals surface area contributed by atoms with Crippen LogP contribution in [0, 0.1) is 0 Å². The highest BCUT2D eigenvalue weighted by Crippen LogP contribution is 2.25. The van der Waals surface area contributed by atoms with E-state index in [1.165, 1.54) is 6.08 Å². The maximum Gasteiger partial charge on any atom is 0.335 e. The molecule has 2 N–H and O–H groups in total. The molecule has 1 aromatic heterocycles. The molecule has 0 amide bonds. The molecule has 0 aliphatic heterocycles. The Balaban J connectivity index is 1.80. The first-order valence-electron chi connectivity index (χ1n) is 9.72. The Hall–Kier alpha value is -4.28. The summed E-state index contributed by atoms with van der Waals surface area (Å²) in [6.45, 7) is 0. The third kappa shape index (κ3) is 3.92. The van der Waals surface area contributed by atoms with Crippen LogP contribution < -0.4 is 16.1 Å². The van der Waals surface area contributed by atoms with Crippen LogP contribution in [0.15, 0.2) is 82.1 Å². The van der Waals surface area contributed by atoms with Crippen molar-refractivity contribution in [3.8, 4) is 11.6 Å². The number of nitrogens with one attached hydrogen (secondary N) is 1. The molecule has 154 valence electrons. The lowest BCUT2D eigenvalue weighted by Gasteiger charge is -2.12. The summed E-state index contributed by atoms with van der Waals surface area (Å²) >= 11 is 0. The van der Waals surface area contributed by atoms with Gasteiger partial charge in [0.05, 0.1) is 5.69 Å². The summed E-state index contributed by atoms with van der Waals surface area (Å²) in [5.41, 5.74) is 3.93. The molecule has 0 atom stereocenters. The molecule has 0 bridgehead atoms. The predicted octanol–water partition coefficient (Wildman–Crippen LogP) is 3.78. The highest BCUT2D eigenvalue weighted by atomic mass is 16.3. The molecule has 0 aliphatic rings. The normalized spacial score (nSPS) is 10.5. The molecule has 0 fully saturated rings. The average molecular weight is 411 g/mol. The number of hydrogen-bond donors (Lipinski definition) is 2. The zero-order valence-electron chi connectivity index (χ0n) is 17.2. The number of nitrogens with zero attached hydrogens (tertiary/aromatic N) is 2. The van der Waals surface area contributed by atoms with Crippen molar-refractivity contribution in [1.82, 2.24) is 9.55 Å². The van der Waals surface area contributed by atoms with Gasteiger partial charge in [0.1, 0.15) is 5.56 Å². The Morgan fingerprint density at radius 3 is 2.39 bits per heavy atom. The van der Waals surface area contributed by atoms with Gasteiger partial charge in [0, 0.05) is 25.2 Å². The maximum atomic E-state index is 12.5. The third-order valence-electron chi connectivity index (χ3n) is 5.02. The Morgan fingerprint density at radius 2 is 1.65 bits per heavy atom. The average Bonchev–Trinajstić information content (AvgIpc) is 2.76. The number of hydrogen-bond acceptors (Lipinski definition) is 4. The van der Waals surface area contributed by atoms with E-state index in [1.807, 2.05) is 73.6 Å². The molecule has 6 nitrogen and oxygen atoms in total. The van der Waals surface area contributed by atoms with Crippen molar-refractivity contribution in [2.45, 2.75) is 0 Å². The molecule has 4 rings (SSSR count). The summed E-state index contributed by atoms with van der Waals surface area (Å²) in [7, 11) is 3.93. The van der Waals surface area contributed by atoms with Gasteiger partial charge in [-0.05, 0) is 41.3 Å². The zero-order chi connectivity index (χ0) is 22.0. The van der Waals surface area contributed by atoms with E-state index < -0.39 is 17.1 Å². The van der Waals surface area contributed by atoms with Crippen LogP contribution in [-0.2, 0) is 0 Å².